The van der Waals surface area contributed by atoms with E-state index >= 15 is 0 Å². The predicted octanol–water partition coefficient (Wildman–Crippen LogP) is 4.09. The number of halogens is 3. The summed E-state index contributed by atoms with van der Waals surface area (Å²) >= 11 is 0. The van der Waals surface area contributed by atoms with Crippen molar-refractivity contribution in [3.8, 4) is 11.5 Å². The molecule has 4 nitrogen and oxygen atoms in total. The van der Waals surface area contributed by atoms with Crippen molar-refractivity contribution in [2.45, 2.75) is 25.1 Å². The molecule has 1 amide bonds. The van der Waals surface area contributed by atoms with Gasteiger partial charge in [0.25, 0.3) is 5.91 Å². The number of nitrogens with zero attached hydrogens (tertiary/aromatic N) is 1. The van der Waals surface area contributed by atoms with Gasteiger partial charge in [-0.25, -0.2) is 0 Å². The van der Waals surface area contributed by atoms with Gasteiger partial charge in [-0.15, -0.1) is 0 Å². The van der Waals surface area contributed by atoms with E-state index in [1.54, 1.807) is 0 Å². The minimum Gasteiger partial charge on any atom is -0.508 e. The minimum absolute atomic E-state index is 0.0524. The molecule has 0 aliphatic carbocycles. The van der Waals surface area contributed by atoms with Crippen LogP contribution in [0.5, 0.6) is 11.5 Å². The Labute approximate surface area is 142 Å². The number of hydrogen-bond acceptors (Lipinski definition) is 3. The summed E-state index contributed by atoms with van der Waals surface area (Å²) in [5, 5.41) is 19.2. The lowest BCUT2D eigenvalue weighted by molar-refractivity contribution is -0.137. The zero-order chi connectivity index (χ0) is 18.2. The van der Waals surface area contributed by atoms with Gasteiger partial charge in [-0.3, -0.25) is 4.79 Å². The van der Waals surface area contributed by atoms with Gasteiger partial charge in [0.2, 0.25) is 0 Å². The molecule has 0 bridgehead atoms. The Morgan fingerprint density at radius 1 is 1.08 bits per heavy atom. The number of aromatic hydroxyl groups is 2. The van der Waals surface area contributed by atoms with E-state index in [0.717, 1.165) is 24.6 Å². The van der Waals surface area contributed by atoms with Crippen molar-refractivity contribution in [2.75, 3.05) is 6.54 Å². The zero-order valence-electron chi connectivity index (χ0n) is 13.1. The topological polar surface area (TPSA) is 60.8 Å². The van der Waals surface area contributed by atoms with E-state index in [1.165, 1.54) is 29.2 Å². The number of carbonyl (C=O) groups is 1. The van der Waals surface area contributed by atoms with E-state index in [9.17, 15) is 28.2 Å². The van der Waals surface area contributed by atoms with Crippen LogP contribution in [-0.4, -0.2) is 27.6 Å². The Bertz CT molecular complexity index is 787. The molecular weight excluding hydrogens is 335 g/mol. The molecule has 2 aromatic rings. The van der Waals surface area contributed by atoms with Crippen molar-refractivity contribution in [1.82, 2.24) is 4.90 Å². The highest BCUT2D eigenvalue weighted by Crippen LogP contribution is 2.36. The van der Waals surface area contributed by atoms with Gasteiger partial charge in [0.05, 0.1) is 17.2 Å². The number of phenols is 2. The van der Waals surface area contributed by atoms with Gasteiger partial charge in [-0.2, -0.15) is 13.2 Å². The lowest BCUT2D eigenvalue weighted by Gasteiger charge is -2.25. The van der Waals surface area contributed by atoms with Crippen LogP contribution in [0.3, 0.4) is 0 Å². The van der Waals surface area contributed by atoms with Crippen LogP contribution >= 0.6 is 0 Å². The number of benzene rings is 2. The fourth-order valence-electron chi connectivity index (χ4n) is 3.11. The second-order valence-corrected chi connectivity index (χ2v) is 5.98. The third kappa shape index (κ3) is 3.40. The van der Waals surface area contributed by atoms with E-state index in [1.807, 2.05) is 0 Å². The fourth-order valence-corrected chi connectivity index (χ4v) is 3.11. The normalized spacial score (nSPS) is 17.7. The Morgan fingerprint density at radius 3 is 2.36 bits per heavy atom. The summed E-state index contributed by atoms with van der Waals surface area (Å²) in [6.45, 7) is 0.449. The van der Waals surface area contributed by atoms with Crippen LogP contribution < -0.4 is 0 Å². The Morgan fingerprint density at radius 2 is 1.76 bits per heavy atom. The van der Waals surface area contributed by atoms with Gasteiger partial charge >= 0.3 is 6.18 Å². The molecule has 0 saturated carbocycles. The first-order valence-electron chi connectivity index (χ1n) is 7.77. The van der Waals surface area contributed by atoms with E-state index in [-0.39, 0.29) is 23.1 Å². The average molecular weight is 351 g/mol. The van der Waals surface area contributed by atoms with Crippen molar-refractivity contribution < 1.29 is 28.2 Å². The highest BCUT2D eigenvalue weighted by Gasteiger charge is 2.33. The van der Waals surface area contributed by atoms with Crippen LogP contribution in [-0.2, 0) is 6.18 Å². The Kier molecular flexibility index (Phi) is 4.32. The SMILES string of the molecule is O=C(c1ccc(O)cc1O)N1CCCC1c1ccc(C(F)(F)F)cc1. The maximum absolute atomic E-state index is 12.7. The van der Waals surface area contributed by atoms with Gasteiger partial charge in [0.1, 0.15) is 11.5 Å². The molecule has 1 fully saturated rings. The van der Waals surface area contributed by atoms with Crippen LogP contribution in [0, 0.1) is 0 Å². The summed E-state index contributed by atoms with van der Waals surface area (Å²) in [5.74, 6) is -0.905. The van der Waals surface area contributed by atoms with Crippen molar-refractivity contribution in [3.05, 3.63) is 59.2 Å². The molecule has 1 unspecified atom stereocenters. The molecule has 132 valence electrons. The molecular formula is C18H16F3NO3. The van der Waals surface area contributed by atoms with Crippen molar-refractivity contribution in [3.63, 3.8) is 0 Å². The molecule has 1 saturated heterocycles. The monoisotopic (exact) mass is 351 g/mol. The van der Waals surface area contributed by atoms with Gasteiger partial charge in [0, 0.05) is 12.6 Å². The van der Waals surface area contributed by atoms with Gasteiger partial charge in [0.15, 0.2) is 0 Å². The average Bonchev–Trinajstić information content (AvgIpc) is 3.03. The molecule has 0 spiro atoms. The summed E-state index contributed by atoms with van der Waals surface area (Å²) < 4.78 is 38.1. The third-order valence-electron chi connectivity index (χ3n) is 4.35. The van der Waals surface area contributed by atoms with Crippen LogP contribution in [0.4, 0.5) is 13.2 Å². The Balaban J connectivity index is 1.86. The van der Waals surface area contributed by atoms with Crippen molar-refractivity contribution >= 4 is 5.91 Å². The van der Waals surface area contributed by atoms with Gasteiger partial charge in [-0.05, 0) is 42.7 Å². The van der Waals surface area contributed by atoms with Crippen LogP contribution in [0.25, 0.3) is 0 Å². The number of likely N-dealkylation sites (tertiary alicyclic amines) is 1. The molecule has 25 heavy (non-hydrogen) atoms. The molecule has 2 aromatic carbocycles. The molecule has 2 N–H and O–H groups in total. The third-order valence-corrected chi connectivity index (χ3v) is 4.35. The number of rotatable bonds is 2. The molecule has 3 rings (SSSR count). The summed E-state index contributed by atoms with van der Waals surface area (Å²) in [6.07, 6.45) is -3.05. The van der Waals surface area contributed by atoms with E-state index in [2.05, 4.69) is 0 Å². The van der Waals surface area contributed by atoms with E-state index < -0.39 is 17.6 Å². The largest absolute Gasteiger partial charge is 0.508 e. The van der Waals surface area contributed by atoms with Crippen molar-refractivity contribution in [2.24, 2.45) is 0 Å². The molecule has 7 heteroatoms. The molecule has 0 radical (unpaired) electrons. The standard InChI is InChI=1S/C18H16F3NO3/c19-18(20,21)12-5-3-11(4-6-12)15-2-1-9-22(15)17(25)14-8-7-13(23)10-16(14)24/h3-8,10,15,23-24H,1-2,9H2. The first kappa shape index (κ1) is 17.1. The van der Waals surface area contributed by atoms with Gasteiger partial charge < -0.3 is 15.1 Å². The summed E-state index contributed by atoms with van der Waals surface area (Å²) in [5.41, 5.74) is -0.0583. The summed E-state index contributed by atoms with van der Waals surface area (Å²) in [7, 11) is 0. The van der Waals surface area contributed by atoms with Crippen LogP contribution in [0.15, 0.2) is 42.5 Å². The summed E-state index contributed by atoms with van der Waals surface area (Å²) in [6, 6.07) is 8.15. The van der Waals surface area contributed by atoms with E-state index in [4.69, 9.17) is 0 Å². The number of amides is 1. The van der Waals surface area contributed by atoms with Crippen LogP contribution in [0.2, 0.25) is 0 Å². The molecule has 0 aromatic heterocycles. The highest BCUT2D eigenvalue weighted by atomic mass is 19.4. The maximum atomic E-state index is 12.7. The molecule has 1 atom stereocenters. The first-order chi connectivity index (χ1) is 11.8. The fraction of sp³-hybridized carbons (Fsp3) is 0.278. The minimum atomic E-state index is -4.40. The number of alkyl halides is 3. The smallest absolute Gasteiger partial charge is 0.416 e. The molecule has 1 heterocycles. The number of hydrogen-bond donors (Lipinski definition) is 2. The number of phenolic OH excluding ortho intramolecular Hbond substituents is 2. The Hall–Kier alpha value is -2.70. The second-order valence-electron chi connectivity index (χ2n) is 5.98. The second kappa shape index (κ2) is 6.31. The molecule has 1 aliphatic heterocycles. The quantitative estimate of drug-likeness (QED) is 0.857. The highest BCUT2D eigenvalue weighted by molar-refractivity contribution is 5.97. The maximum Gasteiger partial charge on any atom is 0.416 e. The van der Waals surface area contributed by atoms with Crippen LogP contribution in [0.1, 0.15) is 40.4 Å². The van der Waals surface area contributed by atoms with Crippen molar-refractivity contribution in [1.29, 1.82) is 0 Å². The predicted molar refractivity (Wildman–Crippen MR) is 84.2 cm³/mol. The van der Waals surface area contributed by atoms with Gasteiger partial charge in [-0.1, -0.05) is 12.1 Å². The lowest BCUT2D eigenvalue weighted by atomic mass is 10.0. The molecule has 1 aliphatic rings. The van der Waals surface area contributed by atoms with E-state index in [0.29, 0.717) is 18.5 Å². The summed E-state index contributed by atoms with van der Waals surface area (Å²) in [4.78, 5) is 14.2. The lowest BCUT2D eigenvalue weighted by Crippen LogP contribution is -2.30. The number of carbonyl (C=O) groups excluding carboxylic acids is 1. The zero-order valence-corrected chi connectivity index (χ0v) is 13.1. The first-order valence-corrected chi connectivity index (χ1v) is 7.77.